The van der Waals surface area contributed by atoms with Crippen molar-refractivity contribution in [2.45, 2.75) is 39.4 Å². The summed E-state index contributed by atoms with van der Waals surface area (Å²) in [7, 11) is 0. The molecule has 0 bridgehead atoms. The molecule has 1 amide bonds. The van der Waals surface area contributed by atoms with Crippen molar-refractivity contribution in [3.8, 4) is 5.75 Å². The molecule has 1 fully saturated rings. The first-order valence-electron chi connectivity index (χ1n) is 9.73. The number of nitrogens with one attached hydrogen (secondary N) is 2. The molecule has 4 rings (SSSR count). The number of amides is 1. The molecule has 28 heavy (non-hydrogen) atoms. The summed E-state index contributed by atoms with van der Waals surface area (Å²) in [6.07, 6.45) is 1.45. The number of morpholine rings is 1. The molecule has 3 heterocycles. The van der Waals surface area contributed by atoms with Crippen LogP contribution in [0, 0.1) is 6.92 Å². The molecule has 0 saturated carbocycles. The second kappa shape index (κ2) is 7.67. The van der Waals surface area contributed by atoms with Gasteiger partial charge in [0.25, 0.3) is 5.91 Å². The number of nitrogens with zero attached hydrogens (tertiary/aromatic N) is 2. The van der Waals surface area contributed by atoms with Crippen LogP contribution in [0.4, 0.5) is 22.9 Å². The van der Waals surface area contributed by atoms with Crippen molar-refractivity contribution >= 4 is 28.8 Å². The smallest absolute Gasteiger partial charge is 0.262 e. The Morgan fingerprint density at radius 2 is 2.14 bits per heavy atom. The Labute approximate surface area is 165 Å². The number of rotatable bonds is 4. The minimum absolute atomic E-state index is 0.0441. The first kappa shape index (κ1) is 18.6. The molecule has 0 spiro atoms. The average molecular weight is 382 g/mol. The molecular weight excluding hydrogens is 356 g/mol. The van der Waals surface area contributed by atoms with E-state index in [1.807, 2.05) is 25.1 Å². The van der Waals surface area contributed by atoms with Crippen LogP contribution in [0.5, 0.6) is 5.75 Å². The Hall–Kier alpha value is -2.80. The first-order chi connectivity index (χ1) is 13.5. The molecular formula is C21H26N4O3. The molecule has 2 aliphatic rings. The predicted octanol–water partition coefficient (Wildman–Crippen LogP) is 3.47. The van der Waals surface area contributed by atoms with Gasteiger partial charge < -0.3 is 25.0 Å². The number of anilines is 4. The van der Waals surface area contributed by atoms with Crippen LogP contribution in [0.15, 0.2) is 30.3 Å². The van der Waals surface area contributed by atoms with Gasteiger partial charge in [-0.15, -0.1) is 0 Å². The maximum atomic E-state index is 11.4. The summed E-state index contributed by atoms with van der Waals surface area (Å²) < 4.78 is 11.4. The number of ether oxygens (including phenoxy) is 2. The van der Waals surface area contributed by atoms with E-state index < -0.39 is 0 Å². The maximum Gasteiger partial charge on any atom is 0.262 e. The molecule has 0 aliphatic carbocycles. The third-order valence-corrected chi connectivity index (χ3v) is 5.07. The number of pyridine rings is 1. The standard InChI is InChI=1S/C21H26N4O3/c1-4-16-11-25(10-13(2)28-16)20-8-7-17(14(3)22-20)23-15-5-6-18-19(9-15)27-12-21(26)24-18/h5-9,13,16,23H,4,10-12H2,1-3H3,(H,24,26)/t13-,16-/m1/s1. The van der Waals surface area contributed by atoms with Gasteiger partial charge in [0.05, 0.1) is 29.3 Å². The van der Waals surface area contributed by atoms with Gasteiger partial charge in [0.2, 0.25) is 0 Å². The van der Waals surface area contributed by atoms with Crippen molar-refractivity contribution < 1.29 is 14.3 Å². The van der Waals surface area contributed by atoms with Crippen LogP contribution in [0.25, 0.3) is 0 Å². The fraction of sp³-hybridized carbons (Fsp3) is 0.429. The zero-order valence-electron chi connectivity index (χ0n) is 16.5. The largest absolute Gasteiger partial charge is 0.482 e. The molecule has 2 aromatic rings. The van der Waals surface area contributed by atoms with Gasteiger partial charge in [0.1, 0.15) is 11.6 Å². The highest BCUT2D eigenvalue weighted by Crippen LogP contribution is 2.32. The number of aryl methyl sites for hydroxylation is 1. The van der Waals surface area contributed by atoms with Crippen LogP contribution < -0.4 is 20.3 Å². The van der Waals surface area contributed by atoms with Crippen LogP contribution >= 0.6 is 0 Å². The number of hydrogen-bond acceptors (Lipinski definition) is 6. The summed E-state index contributed by atoms with van der Waals surface area (Å²) in [6, 6.07) is 9.75. The van der Waals surface area contributed by atoms with Crippen molar-refractivity contribution in [2.24, 2.45) is 0 Å². The molecule has 148 valence electrons. The van der Waals surface area contributed by atoms with Gasteiger partial charge >= 0.3 is 0 Å². The van der Waals surface area contributed by atoms with Gasteiger partial charge in [0, 0.05) is 24.8 Å². The monoisotopic (exact) mass is 382 g/mol. The summed E-state index contributed by atoms with van der Waals surface area (Å²) in [5, 5.41) is 6.19. The van der Waals surface area contributed by atoms with Crippen molar-refractivity contribution in [3.05, 3.63) is 36.0 Å². The molecule has 0 unspecified atom stereocenters. The fourth-order valence-electron chi connectivity index (χ4n) is 3.62. The number of aromatic nitrogens is 1. The molecule has 0 radical (unpaired) electrons. The van der Waals surface area contributed by atoms with Gasteiger partial charge in [-0.1, -0.05) is 6.92 Å². The normalized spacial score (nSPS) is 21.5. The Kier molecular flexibility index (Phi) is 5.09. The number of benzene rings is 1. The van der Waals surface area contributed by atoms with Crippen molar-refractivity contribution in [3.63, 3.8) is 0 Å². The lowest BCUT2D eigenvalue weighted by Gasteiger charge is -2.37. The van der Waals surface area contributed by atoms with Gasteiger partial charge in [0.15, 0.2) is 6.61 Å². The lowest BCUT2D eigenvalue weighted by Crippen LogP contribution is -2.46. The van der Waals surface area contributed by atoms with Crippen molar-refractivity contribution in [1.29, 1.82) is 0 Å². The predicted molar refractivity (Wildman–Crippen MR) is 110 cm³/mol. The third kappa shape index (κ3) is 3.89. The van der Waals surface area contributed by atoms with E-state index in [1.165, 1.54) is 0 Å². The molecule has 2 atom stereocenters. The van der Waals surface area contributed by atoms with E-state index in [0.29, 0.717) is 11.4 Å². The average Bonchev–Trinajstić information content (AvgIpc) is 2.69. The lowest BCUT2D eigenvalue weighted by molar-refractivity contribution is -0.118. The molecule has 1 aromatic carbocycles. The Balaban J connectivity index is 1.50. The van der Waals surface area contributed by atoms with E-state index >= 15 is 0 Å². The summed E-state index contributed by atoms with van der Waals surface area (Å²) in [4.78, 5) is 18.5. The van der Waals surface area contributed by atoms with Crippen molar-refractivity contribution in [2.75, 3.05) is 35.2 Å². The third-order valence-electron chi connectivity index (χ3n) is 5.07. The van der Waals surface area contributed by atoms with Crippen LogP contribution in [0.3, 0.4) is 0 Å². The van der Waals surface area contributed by atoms with E-state index in [0.717, 1.165) is 42.4 Å². The molecule has 1 aromatic heterocycles. The highest BCUT2D eigenvalue weighted by Gasteiger charge is 2.25. The second-order valence-corrected chi connectivity index (χ2v) is 7.36. The summed E-state index contributed by atoms with van der Waals surface area (Å²) in [5.41, 5.74) is 3.45. The number of carbonyl (C=O) groups excluding carboxylic acids is 1. The molecule has 1 saturated heterocycles. The number of carbonyl (C=O) groups is 1. The Bertz CT molecular complexity index is 886. The van der Waals surface area contributed by atoms with Gasteiger partial charge in [-0.3, -0.25) is 4.79 Å². The quantitative estimate of drug-likeness (QED) is 0.843. The SMILES string of the molecule is CC[C@@H]1CN(c2ccc(Nc3ccc4c(c3)OCC(=O)N4)c(C)n2)C[C@@H](C)O1. The summed E-state index contributed by atoms with van der Waals surface area (Å²) in [5.74, 6) is 1.51. The van der Waals surface area contributed by atoms with E-state index in [-0.39, 0.29) is 24.7 Å². The van der Waals surface area contributed by atoms with Gasteiger partial charge in [-0.25, -0.2) is 4.98 Å². The molecule has 7 nitrogen and oxygen atoms in total. The number of hydrogen-bond donors (Lipinski definition) is 2. The van der Waals surface area contributed by atoms with Gasteiger partial charge in [-0.05, 0) is 44.5 Å². The number of fused-ring (bicyclic) bond motifs is 1. The Morgan fingerprint density at radius 1 is 1.29 bits per heavy atom. The topological polar surface area (TPSA) is 75.7 Å². The highest BCUT2D eigenvalue weighted by molar-refractivity contribution is 5.95. The van der Waals surface area contributed by atoms with E-state index in [1.54, 1.807) is 0 Å². The van der Waals surface area contributed by atoms with Crippen molar-refractivity contribution in [1.82, 2.24) is 4.98 Å². The summed E-state index contributed by atoms with van der Waals surface area (Å²) in [6.45, 7) is 8.03. The van der Waals surface area contributed by atoms with Gasteiger partial charge in [-0.2, -0.15) is 0 Å². The summed E-state index contributed by atoms with van der Waals surface area (Å²) >= 11 is 0. The first-order valence-corrected chi connectivity index (χ1v) is 9.73. The van der Waals surface area contributed by atoms with E-state index in [9.17, 15) is 4.79 Å². The molecule has 2 N–H and O–H groups in total. The van der Waals surface area contributed by atoms with Crippen LogP contribution in [0.1, 0.15) is 26.0 Å². The Morgan fingerprint density at radius 3 is 2.93 bits per heavy atom. The fourth-order valence-corrected chi connectivity index (χ4v) is 3.62. The zero-order valence-corrected chi connectivity index (χ0v) is 16.5. The maximum absolute atomic E-state index is 11.4. The molecule has 2 aliphatic heterocycles. The minimum atomic E-state index is -0.133. The zero-order chi connectivity index (χ0) is 19.7. The molecule has 7 heteroatoms. The van der Waals surface area contributed by atoms with Crippen LogP contribution in [-0.2, 0) is 9.53 Å². The van der Waals surface area contributed by atoms with E-state index in [4.69, 9.17) is 14.5 Å². The van der Waals surface area contributed by atoms with E-state index in [2.05, 4.69) is 41.5 Å². The highest BCUT2D eigenvalue weighted by atomic mass is 16.5. The van der Waals surface area contributed by atoms with Crippen LogP contribution in [-0.4, -0.2) is 42.8 Å². The van der Waals surface area contributed by atoms with Crippen LogP contribution in [0.2, 0.25) is 0 Å². The minimum Gasteiger partial charge on any atom is -0.482 e. The lowest BCUT2D eigenvalue weighted by atomic mass is 10.1. The second-order valence-electron chi connectivity index (χ2n) is 7.36.